The molecule has 0 unspecified atom stereocenters. The molecule has 1 N–H and O–H groups in total. The van der Waals surface area contributed by atoms with Crippen molar-refractivity contribution in [1.82, 2.24) is 15.2 Å². The number of ether oxygens (including phenoxy) is 1. The van der Waals surface area contributed by atoms with Crippen LogP contribution in [0.3, 0.4) is 0 Å². The highest BCUT2D eigenvalue weighted by Crippen LogP contribution is 2.26. The van der Waals surface area contributed by atoms with E-state index in [4.69, 9.17) is 9.84 Å². The number of rotatable bonds is 3. The zero-order chi connectivity index (χ0) is 13.9. The van der Waals surface area contributed by atoms with Gasteiger partial charge in [-0.1, -0.05) is 18.2 Å². The van der Waals surface area contributed by atoms with E-state index in [0.29, 0.717) is 11.6 Å². The van der Waals surface area contributed by atoms with Crippen molar-refractivity contribution in [2.75, 3.05) is 0 Å². The summed E-state index contributed by atoms with van der Waals surface area (Å²) in [6.07, 6.45) is 4.31. The molecular weight excluding hydrogens is 258 g/mol. The molecule has 0 radical (unpaired) electrons. The number of carboxylic acid groups (broad SMARTS) is 1. The minimum Gasteiger partial charge on any atom is -0.478 e. The van der Waals surface area contributed by atoms with Gasteiger partial charge in [0.05, 0.1) is 18.0 Å². The Morgan fingerprint density at radius 3 is 2.85 bits per heavy atom. The van der Waals surface area contributed by atoms with Crippen LogP contribution in [-0.2, 0) is 0 Å². The Morgan fingerprint density at radius 2 is 2.00 bits per heavy atom. The van der Waals surface area contributed by atoms with Gasteiger partial charge in [-0.3, -0.25) is 4.98 Å². The maximum atomic E-state index is 10.9. The van der Waals surface area contributed by atoms with Crippen molar-refractivity contribution >= 4 is 16.7 Å². The fourth-order valence-electron chi connectivity index (χ4n) is 1.78. The van der Waals surface area contributed by atoms with Crippen molar-refractivity contribution in [1.29, 1.82) is 0 Å². The van der Waals surface area contributed by atoms with Gasteiger partial charge in [0, 0.05) is 17.0 Å². The summed E-state index contributed by atoms with van der Waals surface area (Å²) in [7, 11) is 0. The summed E-state index contributed by atoms with van der Waals surface area (Å²) in [6.45, 7) is 0. The number of carbonyl (C=O) groups is 1. The molecule has 3 aromatic rings. The van der Waals surface area contributed by atoms with Gasteiger partial charge in [-0.2, -0.15) is 5.10 Å². The number of benzene rings is 1. The van der Waals surface area contributed by atoms with Gasteiger partial charge < -0.3 is 9.84 Å². The minimum atomic E-state index is -1.06. The van der Waals surface area contributed by atoms with Gasteiger partial charge in [0.1, 0.15) is 5.75 Å². The maximum absolute atomic E-state index is 10.9. The molecule has 2 aromatic heterocycles. The van der Waals surface area contributed by atoms with Crippen LogP contribution >= 0.6 is 0 Å². The zero-order valence-corrected chi connectivity index (χ0v) is 10.2. The zero-order valence-electron chi connectivity index (χ0n) is 10.2. The third-order valence-corrected chi connectivity index (χ3v) is 2.71. The SMILES string of the molecule is O=C(O)c1cncc(Oc2nncc3ccccc23)c1. The first-order valence-corrected chi connectivity index (χ1v) is 5.80. The number of aromatic carboxylic acids is 1. The third-order valence-electron chi connectivity index (χ3n) is 2.71. The van der Waals surface area contributed by atoms with Gasteiger partial charge in [-0.25, -0.2) is 4.79 Å². The van der Waals surface area contributed by atoms with E-state index in [0.717, 1.165) is 10.8 Å². The highest BCUT2D eigenvalue weighted by atomic mass is 16.5. The smallest absolute Gasteiger partial charge is 0.337 e. The molecule has 0 aliphatic rings. The van der Waals surface area contributed by atoms with E-state index < -0.39 is 5.97 Å². The molecule has 0 bridgehead atoms. The molecule has 0 amide bonds. The topological polar surface area (TPSA) is 85.2 Å². The predicted molar refractivity (Wildman–Crippen MR) is 70.8 cm³/mol. The highest BCUT2D eigenvalue weighted by molar-refractivity contribution is 5.88. The monoisotopic (exact) mass is 267 g/mol. The molecular formula is C14H9N3O3. The molecule has 0 aliphatic heterocycles. The number of hydrogen-bond acceptors (Lipinski definition) is 5. The number of hydrogen-bond donors (Lipinski definition) is 1. The van der Waals surface area contributed by atoms with Gasteiger partial charge in [-0.05, 0) is 12.1 Å². The fourth-order valence-corrected chi connectivity index (χ4v) is 1.78. The minimum absolute atomic E-state index is 0.0516. The van der Waals surface area contributed by atoms with Crippen molar-refractivity contribution in [2.45, 2.75) is 0 Å². The number of aromatic nitrogens is 3. The molecule has 6 nitrogen and oxygen atoms in total. The Morgan fingerprint density at radius 1 is 1.15 bits per heavy atom. The van der Waals surface area contributed by atoms with E-state index in [1.54, 1.807) is 6.20 Å². The standard InChI is InChI=1S/C14H9N3O3/c18-14(19)10-5-11(8-15-6-10)20-13-12-4-2-1-3-9(12)7-16-17-13/h1-8H,(H,18,19). The lowest BCUT2D eigenvalue weighted by molar-refractivity contribution is 0.0696. The van der Waals surface area contributed by atoms with Crippen LogP contribution < -0.4 is 4.74 Å². The highest BCUT2D eigenvalue weighted by Gasteiger charge is 2.09. The van der Waals surface area contributed by atoms with E-state index in [1.807, 2.05) is 24.3 Å². The van der Waals surface area contributed by atoms with Crippen molar-refractivity contribution in [3.63, 3.8) is 0 Å². The number of pyridine rings is 1. The van der Waals surface area contributed by atoms with Crippen molar-refractivity contribution in [2.24, 2.45) is 0 Å². The summed E-state index contributed by atoms with van der Waals surface area (Å²) in [5.74, 6) is -0.449. The molecule has 0 saturated heterocycles. The van der Waals surface area contributed by atoms with Crippen LogP contribution in [-0.4, -0.2) is 26.3 Å². The normalized spacial score (nSPS) is 10.4. The molecule has 0 spiro atoms. The first-order valence-electron chi connectivity index (χ1n) is 5.80. The summed E-state index contributed by atoms with van der Waals surface area (Å²) in [5, 5.41) is 18.4. The van der Waals surface area contributed by atoms with Crippen molar-refractivity contribution < 1.29 is 14.6 Å². The van der Waals surface area contributed by atoms with E-state index in [-0.39, 0.29) is 5.56 Å². The quantitative estimate of drug-likeness (QED) is 0.784. The Kier molecular flexibility index (Phi) is 2.96. The molecule has 0 fully saturated rings. The molecule has 3 rings (SSSR count). The first kappa shape index (κ1) is 12.0. The second-order valence-electron chi connectivity index (χ2n) is 4.05. The predicted octanol–water partition coefficient (Wildman–Crippen LogP) is 2.52. The van der Waals surface area contributed by atoms with Crippen LogP contribution in [0.15, 0.2) is 48.9 Å². The average molecular weight is 267 g/mol. The van der Waals surface area contributed by atoms with Gasteiger partial charge >= 0.3 is 5.97 Å². The van der Waals surface area contributed by atoms with Crippen LogP contribution in [0, 0.1) is 0 Å². The van der Waals surface area contributed by atoms with Gasteiger partial charge in [0.15, 0.2) is 0 Å². The molecule has 6 heteroatoms. The van der Waals surface area contributed by atoms with Crippen LogP contribution in [0.1, 0.15) is 10.4 Å². The van der Waals surface area contributed by atoms with E-state index in [2.05, 4.69) is 15.2 Å². The molecule has 0 atom stereocenters. The Balaban J connectivity index is 2.01. The summed E-state index contributed by atoms with van der Waals surface area (Å²) >= 11 is 0. The Hall–Kier alpha value is -3.02. The summed E-state index contributed by atoms with van der Waals surface area (Å²) < 4.78 is 5.58. The van der Waals surface area contributed by atoms with E-state index in [1.165, 1.54) is 18.5 Å². The lowest BCUT2D eigenvalue weighted by Gasteiger charge is -2.06. The number of fused-ring (bicyclic) bond motifs is 1. The second-order valence-corrected chi connectivity index (χ2v) is 4.05. The van der Waals surface area contributed by atoms with E-state index >= 15 is 0 Å². The summed E-state index contributed by atoms with van der Waals surface area (Å²) in [4.78, 5) is 14.7. The molecule has 2 heterocycles. The first-order chi connectivity index (χ1) is 9.74. The second kappa shape index (κ2) is 4.93. The summed E-state index contributed by atoms with van der Waals surface area (Å²) in [6, 6.07) is 8.89. The largest absolute Gasteiger partial charge is 0.478 e. The van der Waals surface area contributed by atoms with Crippen LogP contribution in [0.5, 0.6) is 11.6 Å². The van der Waals surface area contributed by atoms with Gasteiger partial charge in [0.2, 0.25) is 5.88 Å². The fraction of sp³-hybridized carbons (Fsp3) is 0. The van der Waals surface area contributed by atoms with Crippen LogP contribution in [0.2, 0.25) is 0 Å². The average Bonchev–Trinajstić information content (AvgIpc) is 2.48. The Bertz CT molecular complexity index is 784. The lowest BCUT2D eigenvalue weighted by Crippen LogP contribution is -1.98. The molecule has 0 saturated carbocycles. The third kappa shape index (κ3) is 2.26. The van der Waals surface area contributed by atoms with Crippen LogP contribution in [0.4, 0.5) is 0 Å². The van der Waals surface area contributed by atoms with Crippen molar-refractivity contribution in [3.05, 3.63) is 54.5 Å². The number of nitrogens with zero attached hydrogens (tertiary/aromatic N) is 3. The number of carboxylic acids is 1. The Labute approximate surface area is 113 Å². The maximum Gasteiger partial charge on any atom is 0.337 e. The van der Waals surface area contributed by atoms with Crippen LogP contribution in [0.25, 0.3) is 10.8 Å². The molecule has 20 heavy (non-hydrogen) atoms. The molecule has 1 aromatic carbocycles. The lowest BCUT2D eigenvalue weighted by atomic mass is 10.2. The molecule has 0 aliphatic carbocycles. The summed E-state index contributed by atoms with van der Waals surface area (Å²) in [5.41, 5.74) is 0.0516. The van der Waals surface area contributed by atoms with Gasteiger partial charge in [0.25, 0.3) is 0 Å². The van der Waals surface area contributed by atoms with Crippen molar-refractivity contribution in [3.8, 4) is 11.6 Å². The van der Waals surface area contributed by atoms with E-state index in [9.17, 15) is 4.79 Å². The molecule has 98 valence electrons. The van der Waals surface area contributed by atoms with Gasteiger partial charge in [-0.15, -0.1) is 5.10 Å².